The van der Waals surface area contributed by atoms with Crippen LogP contribution in [0.2, 0.25) is 0 Å². The zero-order valence-electron chi connectivity index (χ0n) is 130. The topological polar surface area (TPSA) is 16.3 Å². The SMILES string of the molecule is [2H]c1c(N(c2c([2H])c([2H])c(-c3c([2H])c([2H])c([2H])c([2H])c3[2H])c([2H])c2[2H])c2c([2H])c([2H])c(-c3c([2H])c([2H])c4c(c3[2H])c3c([2H])c([2H])c([2H])c([2H])c3n4-c3c([2H])c([2H])c([2H])c([2H])c3-c3c([2H])c([2H])c([2H])c([2H])c3[2H])c([2H])c2[2H])cc(-c2c([2H])c([2H])c([2H])c([2H])c2[2H])c(-c2c([2H])c([2H])c([2H])c([2H])c2[2H])c1[2H].[2H]c1c(N(c2c([2H])c([2H])c(-c3ccc4c(c3)c3cccc([2H])c3n4-c3ccccc3-c3ccccc3)c([2H])c2[2H])c2c([2H])c([2H])c(-c3c([2H])c([2H])c([2H])c([2H])c3[2H])c([2H])c2[2H])cc(-c2c([2H])c([2H])c([2H])c([2H])c2[2H])c(-c2c([2H])c([2H])c([2H])c([2H])c2[2H])c1[2H]. The molecular formula is C120H84N4. The van der Waals surface area contributed by atoms with Crippen molar-refractivity contribution in [3.63, 3.8) is 0 Å². The van der Waals surface area contributed by atoms with Crippen molar-refractivity contribution in [2.24, 2.45) is 0 Å². The van der Waals surface area contributed by atoms with Crippen molar-refractivity contribution in [1.29, 1.82) is 0 Å². The summed E-state index contributed by atoms with van der Waals surface area (Å²) in [5.41, 5.74) is -20.2. The fourth-order valence-electron chi connectivity index (χ4n) is 13.8. The van der Waals surface area contributed by atoms with Crippen molar-refractivity contribution in [2.45, 2.75) is 0 Å². The molecule has 0 radical (unpaired) electrons. The van der Waals surface area contributed by atoms with Gasteiger partial charge in [0.15, 0.2) is 0 Å². The van der Waals surface area contributed by atoms with Gasteiger partial charge in [-0.1, -0.05) is 387 Å². The average molecular weight is 1650 g/mol. The summed E-state index contributed by atoms with van der Waals surface area (Å²) in [5, 5.41) is -0.526. The Balaban J connectivity index is 0.000000214. The van der Waals surface area contributed by atoms with Crippen LogP contribution in [0.3, 0.4) is 0 Å². The highest BCUT2D eigenvalue weighted by atomic mass is 15.1. The molecule has 0 atom stereocenters. The maximum absolute atomic E-state index is 10.0. The zero-order valence-corrected chi connectivity index (χ0v) is 63.1. The molecule has 0 spiro atoms. The molecule has 22 aromatic rings. The Morgan fingerprint density at radius 1 is 0.161 bits per heavy atom. The molecule has 0 bridgehead atoms. The maximum atomic E-state index is 10.0. The van der Waals surface area contributed by atoms with Gasteiger partial charge >= 0.3 is 0 Å². The van der Waals surface area contributed by atoms with Crippen molar-refractivity contribution in [3.05, 3.63) is 508 Å². The van der Waals surface area contributed by atoms with E-state index in [0.717, 1.165) is 17.2 Å². The van der Waals surface area contributed by atoms with Crippen molar-refractivity contribution in [3.8, 4) is 123 Å². The Hall–Kier alpha value is -16.4. The van der Waals surface area contributed by atoms with Gasteiger partial charge in [0.25, 0.3) is 0 Å². The first-order chi connectivity index (χ1) is 89.4. The summed E-state index contributed by atoms with van der Waals surface area (Å²) in [7, 11) is 0. The van der Waals surface area contributed by atoms with Crippen LogP contribution in [-0.4, -0.2) is 9.13 Å². The van der Waals surface area contributed by atoms with Gasteiger partial charge in [0.1, 0.15) is 0 Å². The van der Waals surface area contributed by atoms with Crippen LogP contribution in [0.1, 0.15) is 91.8 Å². The molecular weight excluding hydrogens is 1500 g/mol. The van der Waals surface area contributed by atoms with E-state index in [2.05, 4.69) is 0 Å². The third-order valence-electron chi connectivity index (χ3n) is 19.2. The smallest absolute Gasteiger partial charge is 0.0645 e. The Morgan fingerprint density at radius 2 is 0.524 bits per heavy atom. The van der Waals surface area contributed by atoms with E-state index in [1.54, 1.807) is 36.4 Å². The van der Waals surface area contributed by atoms with Gasteiger partial charge in [-0.3, -0.25) is 0 Å². The minimum absolute atomic E-state index is 0.113. The Kier molecular flexibility index (Phi) is 8.80. The molecule has 0 unspecified atom stereocenters. The number of hydrogen-bond acceptors (Lipinski definition) is 2. The van der Waals surface area contributed by atoms with Gasteiger partial charge < -0.3 is 18.9 Å². The average Bonchev–Trinajstić information content (AvgIpc) is 1.53. The van der Waals surface area contributed by atoms with E-state index in [1.807, 2.05) is 59.2 Å². The van der Waals surface area contributed by atoms with E-state index in [9.17, 15) is 38.4 Å². The van der Waals surface area contributed by atoms with Gasteiger partial charge in [0.05, 0.1) is 125 Å². The highest BCUT2D eigenvalue weighted by Crippen LogP contribution is 2.47. The number of hydrogen-bond donors (Lipinski definition) is 0. The van der Waals surface area contributed by atoms with Gasteiger partial charge in [-0.2, -0.15) is 0 Å². The molecule has 0 saturated heterocycles. The van der Waals surface area contributed by atoms with Crippen LogP contribution in [0, 0.1) is 0 Å². The fraction of sp³-hybridized carbons (Fsp3) is 0. The third kappa shape index (κ3) is 14.8. The summed E-state index contributed by atoms with van der Waals surface area (Å²) in [6.07, 6.45) is 0. The second-order valence-corrected chi connectivity index (χ2v) is 26.3. The second kappa shape index (κ2) is 33.8. The van der Waals surface area contributed by atoms with Crippen molar-refractivity contribution < 1.29 is 91.8 Å². The largest absolute Gasteiger partial charge is 0.310 e. The molecule has 0 saturated carbocycles. The summed E-state index contributed by atoms with van der Waals surface area (Å²) in [5.74, 6) is 0. The van der Waals surface area contributed by atoms with Gasteiger partial charge in [-0.15, -0.1) is 0 Å². The summed E-state index contributed by atoms with van der Waals surface area (Å²) in [6.45, 7) is 0. The van der Waals surface area contributed by atoms with Crippen LogP contribution in [0.25, 0.3) is 166 Å². The fourth-order valence-corrected chi connectivity index (χ4v) is 13.8. The van der Waals surface area contributed by atoms with Gasteiger partial charge in [-0.25, -0.2) is 0 Å². The summed E-state index contributed by atoms with van der Waals surface area (Å²) < 4.78 is 611. The number of benzene rings is 20. The molecule has 0 N–H and O–H groups in total. The van der Waals surface area contributed by atoms with Crippen LogP contribution >= 0.6 is 0 Å². The van der Waals surface area contributed by atoms with Gasteiger partial charge in [0.2, 0.25) is 0 Å². The van der Waals surface area contributed by atoms with Gasteiger partial charge in [0, 0.05) is 66.8 Å². The lowest BCUT2D eigenvalue weighted by atomic mass is 9.93. The molecule has 2 aromatic heterocycles. The lowest BCUT2D eigenvalue weighted by Gasteiger charge is -2.27. The number of fused-ring (bicyclic) bond motifs is 6. The number of para-hydroxylation sites is 4. The van der Waals surface area contributed by atoms with E-state index in [-0.39, 0.29) is 22.1 Å². The highest BCUT2D eigenvalue weighted by molar-refractivity contribution is 6.13. The lowest BCUT2D eigenvalue weighted by molar-refractivity contribution is 1.18. The van der Waals surface area contributed by atoms with Crippen molar-refractivity contribution in [2.75, 3.05) is 9.80 Å². The standard InChI is InChI=1S/2C60H42N2/c2*1-5-17-43(18-6-1)44-29-34-50(35-30-44)61(52-38-39-53(46-19-7-2-8-20-46)56(42-52)48-23-11-4-12-24-48)51-36-31-45(32-37-51)49-33-40-60-57(41-49)55-26-14-16-28-59(55)62(60)58-27-15-13-25-54(58)47-21-9-3-10-22-47/h2*1-42H/i1D,2D,3D,4D,5D,6D,7D,8D,9D,10D,11D,12D,13D,14D,15D,16D,17D,18D,19D,20D,21D,22D,23D,24D,25D,26D,27D,28D,29D,30D,31D,32D,33D,34D,35D,36D,37D,38D,39D,40D,41D;1D,2D,4D,5D,6D,7D,8D,11D,12D,17D,18D,19D,20D,23D,24D,28D,29D,30D,31D,32D,34D,35D,36D,37D,38D,39D. The molecule has 0 amide bonds. The Morgan fingerprint density at radius 3 is 1.03 bits per heavy atom. The Labute approximate surface area is 818 Å². The van der Waals surface area contributed by atoms with Crippen LogP contribution in [0.4, 0.5) is 34.1 Å². The van der Waals surface area contributed by atoms with E-state index in [0.29, 0.717) is 43.0 Å². The van der Waals surface area contributed by atoms with Crippen molar-refractivity contribution >= 4 is 77.7 Å². The molecule has 22 rings (SSSR count). The first-order valence-corrected chi connectivity index (χ1v) is 37.1. The lowest BCUT2D eigenvalue weighted by Crippen LogP contribution is -2.10. The van der Waals surface area contributed by atoms with E-state index in [4.69, 9.17) is 53.5 Å². The first-order valence-electron chi connectivity index (χ1n) is 70.6. The molecule has 4 nitrogen and oxygen atoms in total. The Bertz CT molecular complexity index is 11700. The monoisotopic (exact) mass is 1650 g/mol. The molecule has 4 heteroatoms. The molecule has 0 fully saturated rings. The third-order valence-corrected chi connectivity index (χ3v) is 19.2. The first kappa shape index (κ1) is 32.3. The molecule has 0 aliphatic rings. The van der Waals surface area contributed by atoms with Crippen LogP contribution in [0.5, 0.6) is 0 Å². The summed E-state index contributed by atoms with van der Waals surface area (Å²) in [4.78, 5) is 0.835. The summed E-state index contributed by atoms with van der Waals surface area (Å²) >= 11 is 0. The van der Waals surface area contributed by atoms with E-state index in [1.165, 1.54) is 0 Å². The molecule has 20 aromatic carbocycles. The minimum Gasteiger partial charge on any atom is -0.310 e. The van der Waals surface area contributed by atoms with Crippen LogP contribution < -0.4 is 9.80 Å². The second-order valence-electron chi connectivity index (χ2n) is 26.3. The quantitative estimate of drug-likeness (QED) is 0.0851. The molecule has 0 aliphatic carbocycles. The molecule has 124 heavy (non-hydrogen) atoms. The summed E-state index contributed by atoms with van der Waals surface area (Å²) in [6, 6.07) is -42.5. The van der Waals surface area contributed by atoms with Crippen LogP contribution in [-0.2, 0) is 0 Å². The molecule has 0 aliphatic heterocycles. The van der Waals surface area contributed by atoms with E-state index >= 15 is 0 Å². The number of anilines is 6. The van der Waals surface area contributed by atoms with Crippen LogP contribution in [0.15, 0.2) is 508 Å². The number of aromatic nitrogens is 2. The molecule has 2 heterocycles. The number of nitrogens with zero attached hydrogens (tertiary/aromatic N) is 4. The van der Waals surface area contributed by atoms with Crippen molar-refractivity contribution in [1.82, 2.24) is 9.13 Å². The predicted molar refractivity (Wildman–Crippen MR) is 525 cm³/mol. The zero-order chi connectivity index (χ0) is 141. The van der Waals surface area contributed by atoms with Gasteiger partial charge in [-0.05, 0) is 221 Å². The molecule has 584 valence electrons. The normalized spacial score (nSPS) is 18.8. The van der Waals surface area contributed by atoms with E-state index < -0.39 is 549 Å². The number of rotatable bonds is 18. The maximum Gasteiger partial charge on any atom is 0.0645 e. The highest BCUT2D eigenvalue weighted by Gasteiger charge is 2.24. The predicted octanol–water partition coefficient (Wildman–Crippen LogP) is 33.2. The minimum atomic E-state index is -1.45.